The normalized spacial score (nSPS) is 12.4. The summed E-state index contributed by atoms with van der Waals surface area (Å²) in [5.41, 5.74) is 3.00. The van der Waals surface area contributed by atoms with Crippen LogP contribution < -0.4 is 11.3 Å². The zero-order valence-corrected chi connectivity index (χ0v) is 10.8. The van der Waals surface area contributed by atoms with Gasteiger partial charge in [-0.1, -0.05) is 13.8 Å². The molecule has 0 saturated heterocycles. The van der Waals surface area contributed by atoms with Gasteiger partial charge in [-0.2, -0.15) is 0 Å². The molecule has 1 atom stereocenters. The number of nitrogens with two attached hydrogens (primary N) is 1. The highest BCUT2D eigenvalue weighted by Gasteiger charge is 2.19. The van der Waals surface area contributed by atoms with Crippen LogP contribution in [0, 0.1) is 5.92 Å². The highest BCUT2D eigenvalue weighted by molar-refractivity contribution is 5.94. The van der Waals surface area contributed by atoms with Gasteiger partial charge in [-0.3, -0.25) is 4.79 Å². The van der Waals surface area contributed by atoms with Crippen molar-refractivity contribution in [1.82, 2.24) is 9.88 Å². The first-order valence-electron chi connectivity index (χ1n) is 5.67. The largest absolute Gasteiger partial charge is 0.339 e. The van der Waals surface area contributed by atoms with Gasteiger partial charge in [-0.25, -0.2) is 10.8 Å². The summed E-state index contributed by atoms with van der Waals surface area (Å²) in [6.07, 6.45) is 1.53. The molecule has 0 fully saturated rings. The first-order chi connectivity index (χ1) is 7.97. The van der Waals surface area contributed by atoms with Crippen LogP contribution in [-0.2, 0) is 0 Å². The Labute approximate surface area is 102 Å². The zero-order valence-electron chi connectivity index (χ0n) is 10.8. The second kappa shape index (κ2) is 5.63. The maximum Gasteiger partial charge on any atom is 0.255 e. The van der Waals surface area contributed by atoms with Crippen molar-refractivity contribution < 1.29 is 4.79 Å². The molecule has 1 amide bonds. The molecule has 3 N–H and O–H groups in total. The SMILES string of the molecule is CC(C)C(C)N(C)C(=O)c1ccc(NN)nc1. The summed E-state index contributed by atoms with van der Waals surface area (Å²) in [6.45, 7) is 6.22. The number of pyridine rings is 1. The van der Waals surface area contributed by atoms with Crippen LogP contribution in [0.25, 0.3) is 0 Å². The van der Waals surface area contributed by atoms with E-state index in [0.29, 0.717) is 17.3 Å². The molecule has 0 bridgehead atoms. The highest BCUT2D eigenvalue weighted by atomic mass is 16.2. The number of nitrogens with zero attached hydrogens (tertiary/aromatic N) is 2. The quantitative estimate of drug-likeness (QED) is 0.613. The third-order valence-corrected chi connectivity index (χ3v) is 3.05. The molecule has 1 rings (SSSR count). The lowest BCUT2D eigenvalue weighted by molar-refractivity contribution is 0.0706. The fraction of sp³-hybridized carbons (Fsp3) is 0.500. The first-order valence-corrected chi connectivity index (χ1v) is 5.67. The van der Waals surface area contributed by atoms with Gasteiger partial charge in [0.1, 0.15) is 5.82 Å². The Morgan fingerprint density at radius 1 is 1.41 bits per heavy atom. The molecular weight excluding hydrogens is 216 g/mol. The molecule has 1 unspecified atom stereocenters. The molecule has 0 aromatic carbocycles. The molecule has 1 aromatic heterocycles. The topological polar surface area (TPSA) is 71.2 Å². The second-order valence-corrected chi connectivity index (χ2v) is 4.48. The Kier molecular flexibility index (Phi) is 4.45. The molecule has 0 radical (unpaired) electrons. The number of aromatic nitrogens is 1. The summed E-state index contributed by atoms with van der Waals surface area (Å²) >= 11 is 0. The number of nitrogens with one attached hydrogen (secondary N) is 1. The molecule has 0 saturated carbocycles. The van der Waals surface area contributed by atoms with Gasteiger partial charge in [0.05, 0.1) is 5.56 Å². The van der Waals surface area contributed by atoms with E-state index in [1.54, 1.807) is 17.0 Å². The Balaban J connectivity index is 2.81. The number of hydrazine groups is 1. The van der Waals surface area contributed by atoms with Crippen molar-refractivity contribution in [3.8, 4) is 0 Å². The Hall–Kier alpha value is -1.62. The van der Waals surface area contributed by atoms with E-state index in [2.05, 4.69) is 24.3 Å². The zero-order chi connectivity index (χ0) is 13.0. The number of hydrogen-bond acceptors (Lipinski definition) is 4. The van der Waals surface area contributed by atoms with Crippen LogP contribution >= 0.6 is 0 Å². The van der Waals surface area contributed by atoms with E-state index in [1.807, 2.05) is 14.0 Å². The molecule has 5 nitrogen and oxygen atoms in total. The van der Waals surface area contributed by atoms with Gasteiger partial charge in [0.2, 0.25) is 0 Å². The number of rotatable bonds is 4. The number of anilines is 1. The maximum absolute atomic E-state index is 12.1. The predicted molar refractivity (Wildman–Crippen MR) is 68.4 cm³/mol. The van der Waals surface area contributed by atoms with Gasteiger partial charge in [-0.05, 0) is 25.0 Å². The minimum atomic E-state index is -0.0257. The van der Waals surface area contributed by atoms with Gasteiger partial charge in [0, 0.05) is 19.3 Å². The van der Waals surface area contributed by atoms with Crippen molar-refractivity contribution in [2.45, 2.75) is 26.8 Å². The standard InChI is InChI=1S/C12H20N4O/c1-8(2)9(3)16(4)12(17)10-5-6-11(15-13)14-7-10/h5-9H,13H2,1-4H3,(H,14,15). The molecule has 5 heteroatoms. The summed E-state index contributed by atoms with van der Waals surface area (Å²) in [5.74, 6) is 6.15. The first kappa shape index (κ1) is 13.4. The maximum atomic E-state index is 12.1. The van der Waals surface area contributed by atoms with Crippen molar-refractivity contribution in [2.24, 2.45) is 11.8 Å². The van der Waals surface area contributed by atoms with Gasteiger partial charge in [0.25, 0.3) is 5.91 Å². The lowest BCUT2D eigenvalue weighted by Crippen LogP contribution is -2.38. The van der Waals surface area contributed by atoms with E-state index < -0.39 is 0 Å². The van der Waals surface area contributed by atoms with Crippen molar-refractivity contribution >= 4 is 11.7 Å². The van der Waals surface area contributed by atoms with Gasteiger partial charge in [-0.15, -0.1) is 0 Å². The summed E-state index contributed by atoms with van der Waals surface area (Å²) in [6, 6.07) is 3.59. The fourth-order valence-corrected chi connectivity index (χ4v) is 1.44. The Morgan fingerprint density at radius 3 is 2.47 bits per heavy atom. The van der Waals surface area contributed by atoms with Crippen LogP contribution in [0.5, 0.6) is 0 Å². The van der Waals surface area contributed by atoms with Crippen molar-refractivity contribution in [3.05, 3.63) is 23.9 Å². The van der Waals surface area contributed by atoms with Crippen LogP contribution in [0.15, 0.2) is 18.3 Å². The Bertz CT molecular complexity index is 375. The van der Waals surface area contributed by atoms with Crippen LogP contribution in [0.4, 0.5) is 5.82 Å². The summed E-state index contributed by atoms with van der Waals surface area (Å²) < 4.78 is 0. The Morgan fingerprint density at radius 2 is 2.06 bits per heavy atom. The summed E-state index contributed by atoms with van der Waals surface area (Å²) in [7, 11) is 1.81. The van der Waals surface area contributed by atoms with E-state index in [-0.39, 0.29) is 11.9 Å². The van der Waals surface area contributed by atoms with Gasteiger partial charge >= 0.3 is 0 Å². The van der Waals surface area contributed by atoms with Gasteiger partial charge in [0.15, 0.2) is 0 Å². The molecular formula is C12H20N4O. The number of nitrogen functional groups attached to an aromatic ring is 1. The van der Waals surface area contributed by atoms with E-state index in [1.165, 1.54) is 6.20 Å². The third kappa shape index (κ3) is 3.17. The van der Waals surface area contributed by atoms with E-state index in [9.17, 15) is 4.79 Å². The molecule has 1 aromatic rings. The molecule has 0 spiro atoms. The van der Waals surface area contributed by atoms with E-state index in [4.69, 9.17) is 5.84 Å². The fourth-order valence-electron chi connectivity index (χ4n) is 1.44. The van der Waals surface area contributed by atoms with Crippen LogP contribution in [-0.4, -0.2) is 28.9 Å². The highest BCUT2D eigenvalue weighted by Crippen LogP contribution is 2.12. The molecule has 94 valence electrons. The molecule has 1 heterocycles. The van der Waals surface area contributed by atoms with Crippen LogP contribution in [0.1, 0.15) is 31.1 Å². The van der Waals surface area contributed by atoms with Crippen molar-refractivity contribution in [3.63, 3.8) is 0 Å². The number of amides is 1. The van der Waals surface area contributed by atoms with Crippen LogP contribution in [0.3, 0.4) is 0 Å². The second-order valence-electron chi connectivity index (χ2n) is 4.48. The molecule has 0 aliphatic carbocycles. The summed E-state index contributed by atoms with van der Waals surface area (Å²) in [4.78, 5) is 17.9. The average Bonchev–Trinajstić information content (AvgIpc) is 2.36. The number of hydrogen-bond donors (Lipinski definition) is 2. The van der Waals surface area contributed by atoms with Gasteiger partial charge < -0.3 is 10.3 Å². The monoisotopic (exact) mass is 236 g/mol. The van der Waals surface area contributed by atoms with Crippen molar-refractivity contribution in [2.75, 3.05) is 12.5 Å². The summed E-state index contributed by atoms with van der Waals surface area (Å²) in [5, 5.41) is 0. The number of carbonyl (C=O) groups is 1. The predicted octanol–water partition coefficient (Wildman–Crippen LogP) is 1.48. The van der Waals surface area contributed by atoms with Crippen LogP contribution in [0.2, 0.25) is 0 Å². The average molecular weight is 236 g/mol. The number of carbonyl (C=O) groups excluding carboxylic acids is 1. The minimum Gasteiger partial charge on any atom is -0.339 e. The minimum absolute atomic E-state index is 0.0257. The van der Waals surface area contributed by atoms with E-state index in [0.717, 1.165) is 0 Å². The van der Waals surface area contributed by atoms with E-state index >= 15 is 0 Å². The van der Waals surface area contributed by atoms with Crippen molar-refractivity contribution in [1.29, 1.82) is 0 Å². The molecule has 0 aliphatic heterocycles. The third-order valence-electron chi connectivity index (χ3n) is 3.05. The lowest BCUT2D eigenvalue weighted by atomic mass is 10.0. The smallest absolute Gasteiger partial charge is 0.255 e. The molecule has 0 aliphatic rings. The lowest BCUT2D eigenvalue weighted by Gasteiger charge is -2.28. The molecule has 17 heavy (non-hydrogen) atoms.